The normalized spacial score (nSPS) is 12.4. The molecule has 0 amide bonds. The summed E-state index contributed by atoms with van der Waals surface area (Å²) in [7, 11) is 0. The van der Waals surface area contributed by atoms with Crippen molar-refractivity contribution in [2.24, 2.45) is 0 Å². The Balaban J connectivity index is 2.14. The van der Waals surface area contributed by atoms with Crippen molar-refractivity contribution < 1.29 is 5.11 Å². The van der Waals surface area contributed by atoms with Crippen LogP contribution in [0, 0.1) is 0 Å². The van der Waals surface area contributed by atoms with Crippen molar-refractivity contribution >= 4 is 10.9 Å². The van der Waals surface area contributed by atoms with Gasteiger partial charge in [0.1, 0.15) is 5.69 Å². The highest BCUT2D eigenvalue weighted by molar-refractivity contribution is 5.82. The Kier molecular flexibility index (Phi) is 5.84. The predicted octanol–water partition coefficient (Wildman–Crippen LogP) is 4.35. The van der Waals surface area contributed by atoms with E-state index in [0.29, 0.717) is 11.1 Å². The van der Waals surface area contributed by atoms with E-state index in [2.05, 4.69) is 6.92 Å². The molecule has 4 nitrogen and oxygen atoms in total. The molecule has 0 aliphatic rings. The summed E-state index contributed by atoms with van der Waals surface area (Å²) in [6, 6.07) is 15.5. The van der Waals surface area contributed by atoms with E-state index in [1.807, 2.05) is 60.1 Å². The summed E-state index contributed by atoms with van der Waals surface area (Å²) in [6.07, 6.45) is 3.32. The summed E-state index contributed by atoms with van der Waals surface area (Å²) in [5.41, 5.74) is 3.14. The molecule has 4 heteroatoms. The lowest BCUT2D eigenvalue weighted by molar-refractivity contribution is 0.273. The van der Waals surface area contributed by atoms with Gasteiger partial charge in [-0.05, 0) is 30.2 Å². The Hall–Kier alpha value is -2.46. The number of aryl methyl sites for hydroxylation is 1. The molecule has 0 aliphatic carbocycles. The van der Waals surface area contributed by atoms with Crippen molar-refractivity contribution in [3.05, 3.63) is 64.3 Å². The molecule has 0 spiro atoms. The molecular weight excluding hydrogens is 324 g/mol. The highest BCUT2D eigenvalue weighted by Gasteiger charge is 2.14. The molecule has 1 aromatic heterocycles. The molecule has 1 unspecified atom stereocenters. The standard InChI is InChI=1S/C22H26N2O2/c1-3-4-7-13-24-20-12-6-5-11-19(20)22(26)21(23-24)18-10-8-9-17(14-18)16(2)15-25/h5-6,8-12,14,16,25H,3-4,7,13,15H2,1-2H3. The predicted molar refractivity (Wildman–Crippen MR) is 106 cm³/mol. The fourth-order valence-electron chi connectivity index (χ4n) is 3.21. The molecule has 3 aromatic rings. The van der Waals surface area contributed by atoms with Gasteiger partial charge in [-0.1, -0.05) is 57.0 Å². The second-order valence-corrected chi connectivity index (χ2v) is 6.83. The molecular formula is C22H26N2O2. The molecule has 3 rings (SSSR count). The van der Waals surface area contributed by atoms with Crippen LogP contribution in [0.3, 0.4) is 0 Å². The highest BCUT2D eigenvalue weighted by atomic mass is 16.3. The van der Waals surface area contributed by atoms with Crippen LogP contribution in [0.2, 0.25) is 0 Å². The van der Waals surface area contributed by atoms with Crippen LogP contribution in [0.25, 0.3) is 22.2 Å². The average molecular weight is 350 g/mol. The lowest BCUT2D eigenvalue weighted by Crippen LogP contribution is -2.17. The number of rotatable bonds is 7. The van der Waals surface area contributed by atoms with E-state index in [9.17, 15) is 9.90 Å². The third-order valence-electron chi connectivity index (χ3n) is 4.84. The van der Waals surface area contributed by atoms with Gasteiger partial charge in [0.25, 0.3) is 0 Å². The van der Waals surface area contributed by atoms with E-state index in [4.69, 9.17) is 5.10 Å². The van der Waals surface area contributed by atoms with Gasteiger partial charge in [0.2, 0.25) is 5.43 Å². The first kappa shape index (κ1) is 18.3. The fourth-order valence-corrected chi connectivity index (χ4v) is 3.21. The van der Waals surface area contributed by atoms with Gasteiger partial charge in [-0.25, -0.2) is 0 Å². The molecule has 1 N–H and O–H groups in total. The van der Waals surface area contributed by atoms with E-state index < -0.39 is 0 Å². The molecule has 2 aromatic carbocycles. The number of para-hydroxylation sites is 1. The van der Waals surface area contributed by atoms with Gasteiger partial charge < -0.3 is 5.11 Å². The highest BCUT2D eigenvalue weighted by Crippen LogP contribution is 2.22. The van der Waals surface area contributed by atoms with E-state index in [1.165, 1.54) is 0 Å². The van der Waals surface area contributed by atoms with Crippen LogP contribution in [-0.4, -0.2) is 21.5 Å². The summed E-state index contributed by atoms with van der Waals surface area (Å²) in [4.78, 5) is 13.0. The van der Waals surface area contributed by atoms with Crippen molar-refractivity contribution in [2.75, 3.05) is 6.61 Å². The quantitative estimate of drug-likeness (QED) is 0.645. The minimum atomic E-state index is -0.0406. The number of hydrogen-bond donors (Lipinski definition) is 1. The third kappa shape index (κ3) is 3.70. The summed E-state index contributed by atoms with van der Waals surface area (Å²) in [5.74, 6) is 0.0298. The second-order valence-electron chi connectivity index (χ2n) is 6.83. The maximum absolute atomic E-state index is 13.0. The summed E-state index contributed by atoms with van der Waals surface area (Å²) < 4.78 is 1.96. The van der Waals surface area contributed by atoms with Gasteiger partial charge in [0.15, 0.2) is 0 Å². The van der Waals surface area contributed by atoms with Crippen LogP contribution in [-0.2, 0) is 6.54 Å². The molecule has 136 valence electrons. The minimum absolute atomic E-state index is 0.0298. The Morgan fingerprint density at radius 1 is 1.12 bits per heavy atom. The number of fused-ring (bicyclic) bond motifs is 1. The first-order valence-electron chi connectivity index (χ1n) is 9.36. The Labute approximate surface area is 154 Å². The lowest BCUT2D eigenvalue weighted by Gasteiger charge is -2.13. The number of nitrogens with zero attached hydrogens (tertiary/aromatic N) is 2. The number of aliphatic hydroxyl groups is 1. The van der Waals surface area contributed by atoms with Crippen LogP contribution >= 0.6 is 0 Å². The zero-order valence-electron chi connectivity index (χ0n) is 15.5. The van der Waals surface area contributed by atoms with E-state index in [1.54, 1.807) is 0 Å². The van der Waals surface area contributed by atoms with Crippen LogP contribution in [0.4, 0.5) is 0 Å². The maximum Gasteiger partial charge on any atom is 0.215 e. The molecule has 1 heterocycles. The average Bonchev–Trinajstić information content (AvgIpc) is 2.69. The molecule has 0 bridgehead atoms. The van der Waals surface area contributed by atoms with Crippen molar-refractivity contribution in [1.82, 2.24) is 9.78 Å². The number of hydrogen-bond acceptors (Lipinski definition) is 3. The number of benzene rings is 2. The second kappa shape index (κ2) is 8.28. The smallest absolute Gasteiger partial charge is 0.215 e. The van der Waals surface area contributed by atoms with E-state index >= 15 is 0 Å². The van der Waals surface area contributed by atoms with Gasteiger partial charge in [-0.2, -0.15) is 5.10 Å². The molecule has 0 fully saturated rings. The molecule has 0 aliphatic heterocycles. The number of unbranched alkanes of at least 4 members (excludes halogenated alkanes) is 2. The van der Waals surface area contributed by atoms with Gasteiger partial charge >= 0.3 is 0 Å². The monoisotopic (exact) mass is 350 g/mol. The molecule has 0 saturated heterocycles. The first-order chi connectivity index (χ1) is 12.7. The lowest BCUT2D eigenvalue weighted by atomic mass is 9.98. The number of aromatic nitrogens is 2. The van der Waals surface area contributed by atoms with Crippen LogP contribution in [0.5, 0.6) is 0 Å². The van der Waals surface area contributed by atoms with Crippen molar-refractivity contribution in [1.29, 1.82) is 0 Å². The molecule has 1 atom stereocenters. The van der Waals surface area contributed by atoms with Crippen LogP contribution < -0.4 is 5.43 Å². The van der Waals surface area contributed by atoms with E-state index in [0.717, 1.165) is 42.5 Å². The van der Waals surface area contributed by atoms with Gasteiger partial charge in [0.05, 0.1) is 5.52 Å². The fraction of sp³-hybridized carbons (Fsp3) is 0.364. The van der Waals surface area contributed by atoms with Crippen LogP contribution in [0.1, 0.15) is 44.6 Å². The molecule has 0 saturated carbocycles. The zero-order chi connectivity index (χ0) is 18.5. The van der Waals surface area contributed by atoms with Crippen molar-refractivity contribution in [3.8, 4) is 11.3 Å². The van der Waals surface area contributed by atoms with Crippen molar-refractivity contribution in [3.63, 3.8) is 0 Å². The number of aliphatic hydroxyl groups excluding tert-OH is 1. The first-order valence-corrected chi connectivity index (χ1v) is 9.36. The largest absolute Gasteiger partial charge is 0.396 e. The molecule has 26 heavy (non-hydrogen) atoms. The van der Waals surface area contributed by atoms with E-state index in [-0.39, 0.29) is 18.0 Å². The van der Waals surface area contributed by atoms with Gasteiger partial charge in [-0.3, -0.25) is 9.48 Å². The van der Waals surface area contributed by atoms with Crippen molar-refractivity contribution in [2.45, 2.75) is 45.6 Å². The van der Waals surface area contributed by atoms with Gasteiger partial charge in [-0.15, -0.1) is 0 Å². The third-order valence-corrected chi connectivity index (χ3v) is 4.84. The zero-order valence-corrected chi connectivity index (χ0v) is 15.5. The Morgan fingerprint density at radius 3 is 2.69 bits per heavy atom. The summed E-state index contributed by atoms with van der Waals surface area (Å²) >= 11 is 0. The summed E-state index contributed by atoms with van der Waals surface area (Å²) in [5, 5.41) is 14.8. The molecule has 0 radical (unpaired) electrons. The topological polar surface area (TPSA) is 55.1 Å². The van der Waals surface area contributed by atoms with Crippen LogP contribution in [0.15, 0.2) is 53.3 Å². The Morgan fingerprint density at radius 2 is 1.92 bits per heavy atom. The SMILES string of the molecule is CCCCCn1nc(-c2cccc(C(C)CO)c2)c(=O)c2ccccc21. The van der Waals surface area contributed by atoms with Gasteiger partial charge in [0, 0.05) is 30.0 Å². The minimum Gasteiger partial charge on any atom is -0.396 e. The maximum atomic E-state index is 13.0. The summed E-state index contributed by atoms with van der Waals surface area (Å²) in [6.45, 7) is 5.02. The Bertz CT molecular complexity index is 946.